The number of hydrogen-bond donors (Lipinski definition) is 4. The predicted octanol–water partition coefficient (Wildman–Crippen LogP) is 5.42. The number of carbonyl (C=O) groups is 3. The summed E-state index contributed by atoms with van der Waals surface area (Å²) in [7, 11) is 6.31. The van der Waals surface area contributed by atoms with Crippen LogP contribution in [0.1, 0.15) is 34.8 Å². The molecule has 276 valence electrons. The number of nitrogens with zero attached hydrogens (tertiary/aromatic N) is 2. The van der Waals surface area contributed by atoms with Crippen LogP contribution in [0.15, 0.2) is 72.9 Å². The van der Waals surface area contributed by atoms with Crippen molar-refractivity contribution in [1.82, 2.24) is 20.3 Å². The number of carboxylic acids is 2. The lowest BCUT2D eigenvalue weighted by Crippen LogP contribution is -2.55. The second-order valence-corrected chi connectivity index (χ2v) is 11.5. The molecule has 1 amide bonds. The topological polar surface area (TPSA) is 154 Å². The highest BCUT2D eigenvalue weighted by Gasteiger charge is 2.38. The summed E-state index contributed by atoms with van der Waals surface area (Å²) in [5.74, 6) is -2.64. The van der Waals surface area contributed by atoms with Gasteiger partial charge in [-0.3, -0.25) is 15.0 Å². The number of para-hydroxylation sites is 1. The van der Waals surface area contributed by atoms with Crippen molar-refractivity contribution in [3.05, 3.63) is 89.6 Å². The fraction of sp³-hybridized carbons (Fsp3) is 0.361. The Hall–Kier alpha value is -5.28. The first-order valence-corrected chi connectivity index (χ1v) is 15.9. The van der Waals surface area contributed by atoms with Crippen LogP contribution in [0.2, 0.25) is 0 Å². The minimum absolute atomic E-state index is 0.0612. The van der Waals surface area contributed by atoms with Crippen molar-refractivity contribution in [2.45, 2.75) is 44.4 Å². The molecule has 51 heavy (non-hydrogen) atoms. The third-order valence-electron chi connectivity index (χ3n) is 7.99. The molecule has 0 saturated heterocycles. The van der Waals surface area contributed by atoms with Crippen molar-refractivity contribution in [2.24, 2.45) is 0 Å². The summed E-state index contributed by atoms with van der Waals surface area (Å²) < 4.78 is 48.1. The third kappa shape index (κ3) is 11.4. The zero-order valence-electron chi connectivity index (χ0n) is 29.0. The number of carbonyl (C=O) groups excluding carboxylic acids is 1. The zero-order chi connectivity index (χ0) is 37.7. The van der Waals surface area contributed by atoms with E-state index < -0.39 is 18.1 Å². The standard InChI is InChI=1S/C34H42N4O6.C2HF3O2/c1-6-38(36-26(20-32(39)40)17-25-21-35-29-15-11-10-14-28(25)29)27(16-23-12-8-7-9-13-23)22-37(2)34(41)24-18-30(42-3)33(44-5)31(19-24)43-4;3-2(4,5)1(6)7/h7-15,18-19,21,26-27,35-36H,6,16-17,20,22H2,1-5H3,(H,39,40);(H,6,7)/t26-,27-;/m0./s1. The number of ether oxygens (including phenoxy) is 3. The van der Waals surface area contributed by atoms with E-state index in [1.54, 1.807) is 24.1 Å². The molecule has 0 saturated carbocycles. The fourth-order valence-corrected chi connectivity index (χ4v) is 5.61. The average Bonchev–Trinajstić information content (AvgIpc) is 3.51. The Morgan fingerprint density at radius 2 is 1.49 bits per heavy atom. The highest BCUT2D eigenvalue weighted by molar-refractivity contribution is 5.95. The number of hydrogen-bond acceptors (Lipinski definition) is 8. The van der Waals surface area contributed by atoms with Crippen LogP contribution in [0.4, 0.5) is 13.2 Å². The highest BCUT2D eigenvalue weighted by atomic mass is 19.4. The van der Waals surface area contributed by atoms with Gasteiger partial charge >= 0.3 is 18.1 Å². The number of fused-ring (bicyclic) bond motifs is 1. The van der Waals surface area contributed by atoms with Crippen molar-refractivity contribution in [3.63, 3.8) is 0 Å². The molecule has 0 fully saturated rings. The number of rotatable bonds is 16. The largest absolute Gasteiger partial charge is 0.493 e. The summed E-state index contributed by atoms with van der Waals surface area (Å²) in [5, 5.41) is 20.1. The second-order valence-electron chi connectivity index (χ2n) is 11.5. The Balaban J connectivity index is 0.000000908. The molecule has 0 aliphatic carbocycles. The van der Waals surface area contributed by atoms with Crippen LogP contribution in [-0.4, -0.2) is 103 Å². The first-order valence-electron chi connectivity index (χ1n) is 15.9. The molecule has 3 aromatic carbocycles. The number of alkyl halides is 3. The van der Waals surface area contributed by atoms with Crippen molar-refractivity contribution in [2.75, 3.05) is 41.5 Å². The molecule has 1 aromatic heterocycles. The number of aromatic nitrogens is 1. The van der Waals surface area contributed by atoms with E-state index in [4.69, 9.17) is 24.1 Å². The number of methoxy groups -OCH3 is 3. The number of amides is 1. The number of carboxylic acid groups (broad SMARTS) is 2. The summed E-state index contributed by atoms with van der Waals surface area (Å²) >= 11 is 0. The summed E-state index contributed by atoms with van der Waals surface area (Å²) in [6.07, 6.45) is -2.04. The van der Waals surface area contributed by atoms with Crippen LogP contribution in [0.5, 0.6) is 17.2 Å². The van der Waals surface area contributed by atoms with E-state index in [0.717, 1.165) is 22.0 Å². The highest BCUT2D eigenvalue weighted by Crippen LogP contribution is 2.38. The lowest BCUT2D eigenvalue weighted by Gasteiger charge is -2.36. The number of aromatic amines is 1. The van der Waals surface area contributed by atoms with E-state index in [1.807, 2.05) is 55.6 Å². The van der Waals surface area contributed by atoms with Gasteiger partial charge in [0.2, 0.25) is 5.75 Å². The summed E-state index contributed by atoms with van der Waals surface area (Å²) in [6.45, 7) is 2.99. The Bertz CT molecular complexity index is 1720. The van der Waals surface area contributed by atoms with E-state index in [1.165, 1.54) is 21.3 Å². The zero-order valence-corrected chi connectivity index (χ0v) is 29.0. The first kappa shape index (κ1) is 40.2. The molecule has 4 aromatic rings. The van der Waals surface area contributed by atoms with Gasteiger partial charge in [0.1, 0.15) is 0 Å². The van der Waals surface area contributed by atoms with Gasteiger partial charge in [-0.2, -0.15) is 13.2 Å². The molecule has 0 unspecified atom stereocenters. The van der Waals surface area contributed by atoms with E-state index in [0.29, 0.717) is 48.7 Å². The number of nitrogens with one attached hydrogen (secondary N) is 2. The van der Waals surface area contributed by atoms with Crippen LogP contribution < -0.4 is 19.6 Å². The van der Waals surface area contributed by atoms with E-state index in [-0.39, 0.29) is 24.4 Å². The van der Waals surface area contributed by atoms with Crippen LogP contribution in [0.25, 0.3) is 10.9 Å². The van der Waals surface area contributed by atoms with E-state index in [9.17, 15) is 27.9 Å². The lowest BCUT2D eigenvalue weighted by molar-refractivity contribution is -0.192. The molecule has 4 N–H and O–H groups in total. The maximum atomic E-state index is 13.7. The van der Waals surface area contributed by atoms with Gasteiger partial charge in [-0.05, 0) is 42.2 Å². The number of halogens is 3. The molecular formula is C36H43F3N4O8. The SMILES string of the molecule is CCN(N[C@H](CC(=O)O)Cc1c[nH]c2ccccc12)[C@@H](Cc1ccccc1)CN(C)C(=O)c1cc(OC)c(OC)c(OC)c1.O=C(O)C(F)(F)F. The van der Waals surface area contributed by atoms with Gasteiger partial charge in [-0.1, -0.05) is 55.5 Å². The molecule has 0 bridgehead atoms. The summed E-state index contributed by atoms with van der Waals surface area (Å²) in [4.78, 5) is 39.6. The maximum absolute atomic E-state index is 13.7. The number of hydrazine groups is 1. The lowest BCUT2D eigenvalue weighted by atomic mass is 10.0. The average molecular weight is 717 g/mol. The van der Waals surface area contributed by atoms with Crippen LogP contribution >= 0.6 is 0 Å². The minimum atomic E-state index is -5.08. The van der Waals surface area contributed by atoms with Crippen molar-refractivity contribution in [3.8, 4) is 17.2 Å². The number of benzene rings is 3. The van der Waals surface area contributed by atoms with Gasteiger partial charge in [0, 0.05) is 54.9 Å². The molecule has 15 heteroatoms. The minimum Gasteiger partial charge on any atom is -0.493 e. The predicted molar refractivity (Wildman–Crippen MR) is 184 cm³/mol. The van der Waals surface area contributed by atoms with Gasteiger partial charge in [-0.25, -0.2) is 9.80 Å². The van der Waals surface area contributed by atoms with Gasteiger partial charge in [0.15, 0.2) is 11.5 Å². The normalized spacial score (nSPS) is 12.4. The smallest absolute Gasteiger partial charge is 0.490 e. The van der Waals surface area contributed by atoms with Gasteiger partial charge in [-0.15, -0.1) is 0 Å². The Kier molecular flexibility index (Phi) is 14.7. The maximum Gasteiger partial charge on any atom is 0.490 e. The molecular weight excluding hydrogens is 673 g/mol. The van der Waals surface area contributed by atoms with E-state index in [2.05, 4.69) is 27.6 Å². The molecule has 1 heterocycles. The van der Waals surface area contributed by atoms with Gasteiger partial charge in [0.25, 0.3) is 5.91 Å². The fourth-order valence-electron chi connectivity index (χ4n) is 5.61. The molecule has 0 aliphatic heterocycles. The second kappa shape index (κ2) is 18.6. The first-order chi connectivity index (χ1) is 24.2. The molecule has 0 spiro atoms. The third-order valence-corrected chi connectivity index (χ3v) is 7.99. The summed E-state index contributed by atoms with van der Waals surface area (Å²) in [6, 6.07) is 20.8. The number of aliphatic carboxylic acids is 2. The van der Waals surface area contributed by atoms with Crippen LogP contribution in [0.3, 0.4) is 0 Å². The molecule has 0 radical (unpaired) electrons. The van der Waals surface area contributed by atoms with Crippen LogP contribution in [0, 0.1) is 0 Å². The quantitative estimate of drug-likeness (QED) is 0.111. The van der Waals surface area contributed by atoms with Crippen molar-refractivity contribution >= 4 is 28.7 Å². The molecule has 0 aliphatic rings. The van der Waals surface area contributed by atoms with Gasteiger partial charge in [0.05, 0.1) is 27.8 Å². The van der Waals surface area contributed by atoms with E-state index >= 15 is 0 Å². The molecule has 2 atom stereocenters. The van der Waals surface area contributed by atoms with Crippen LogP contribution in [-0.2, 0) is 22.4 Å². The van der Waals surface area contributed by atoms with Gasteiger partial charge < -0.3 is 34.3 Å². The van der Waals surface area contributed by atoms with Crippen molar-refractivity contribution in [1.29, 1.82) is 0 Å². The molecule has 4 rings (SSSR count). The number of likely N-dealkylation sites (N-methyl/N-ethyl adjacent to an activating group) is 2. The number of H-pyrrole nitrogens is 1. The summed E-state index contributed by atoms with van der Waals surface area (Å²) in [5.41, 5.74) is 7.11. The monoisotopic (exact) mass is 716 g/mol. The molecule has 12 nitrogen and oxygen atoms in total. The van der Waals surface area contributed by atoms with Crippen molar-refractivity contribution < 1.29 is 52.0 Å². The Labute approximate surface area is 293 Å². The Morgan fingerprint density at radius 3 is 2.02 bits per heavy atom. The Morgan fingerprint density at radius 1 is 0.902 bits per heavy atom.